The van der Waals surface area contributed by atoms with E-state index in [0.29, 0.717) is 12.1 Å². The van der Waals surface area contributed by atoms with Gasteiger partial charge in [-0.2, -0.15) is 0 Å². The second kappa shape index (κ2) is 5.80. The monoisotopic (exact) mass is 268 g/mol. The van der Waals surface area contributed by atoms with Crippen molar-refractivity contribution in [2.45, 2.75) is 45.3 Å². The third-order valence-corrected chi connectivity index (χ3v) is 4.63. The van der Waals surface area contributed by atoms with Gasteiger partial charge in [0, 0.05) is 19.7 Å². The number of rotatable bonds is 4. The Kier molecular flexibility index (Phi) is 4.35. The Balaban J connectivity index is 2.16. The van der Waals surface area contributed by atoms with Gasteiger partial charge < -0.3 is 9.64 Å². The summed E-state index contributed by atoms with van der Waals surface area (Å²) < 4.78 is 5.42. The zero-order chi connectivity index (χ0) is 13.1. The lowest BCUT2D eigenvalue weighted by atomic mass is 10.0. The van der Waals surface area contributed by atoms with Gasteiger partial charge >= 0.3 is 0 Å². The number of aldehydes is 1. The van der Waals surface area contributed by atoms with E-state index in [-0.39, 0.29) is 0 Å². The number of methoxy groups -OCH3 is 1. The molecular formula is C13H20N2O2S. The molecule has 1 fully saturated rings. The van der Waals surface area contributed by atoms with E-state index < -0.39 is 0 Å². The highest BCUT2D eigenvalue weighted by molar-refractivity contribution is 7.17. The van der Waals surface area contributed by atoms with Gasteiger partial charge in [0.1, 0.15) is 0 Å². The maximum absolute atomic E-state index is 11.0. The molecule has 2 heterocycles. The normalized spacial score (nSPS) is 24.3. The summed E-state index contributed by atoms with van der Waals surface area (Å²) in [4.78, 5) is 18.7. The number of carbonyl (C=O) groups excluding carboxylic acids is 1. The molecule has 0 bridgehead atoms. The van der Waals surface area contributed by atoms with Crippen LogP contribution >= 0.6 is 11.3 Å². The molecule has 2 rings (SSSR count). The van der Waals surface area contributed by atoms with Crippen LogP contribution in [0.2, 0.25) is 0 Å². The van der Waals surface area contributed by atoms with E-state index in [1.54, 1.807) is 7.11 Å². The predicted molar refractivity (Wildman–Crippen MR) is 73.7 cm³/mol. The number of piperidine rings is 1. The number of nitrogens with zero attached hydrogens (tertiary/aromatic N) is 2. The lowest BCUT2D eigenvalue weighted by Crippen LogP contribution is -2.43. The van der Waals surface area contributed by atoms with Gasteiger partial charge in [-0.3, -0.25) is 4.79 Å². The summed E-state index contributed by atoms with van der Waals surface area (Å²) in [6.07, 6.45) is 4.14. The Morgan fingerprint density at radius 1 is 1.61 bits per heavy atom. The van der Waals surface area contributed by atoms with Gasteiger partial charge in [-0.25, -0.2) is 4.98 Å². The molecule has 0 saturated carbocycles. The minimum absolute atomic E-state index is 0.354. The van der Waals surface area contributed by atoms with Crippen molar-refractivity contribution in [3.8, 4) is 0 Å². The molecule has 1 aromatic rings. The molecule has 4 nitrogen and oxygen atoms in total. The van der Waals surface area contributed by atoms with Crippen LogP contribution in [-0.2, 0) is 11.2 Å². The van der Waals surface area contributed by atoms with Crippen molar-refractivity contribution in [2.24, 2.45) is 0 Å². The Bertz CT molecular complexity index is 419. The standard InChI is InChI=1S/C13H20N2O2S/c1-4-11-12(8-16)18-13(14-11)15-6-5-10(17-3)7-9(15)2/h8-10H,4-7H2,1-3H3. The molecule has 1 aliphatic heterocycles. The Hall–Kier alpha value is -0.940. The third kappa shape index (κ3) is 2.57. The van der Waals surface area contributed by atoms with Crippen molar-refractivity contribution in [1.29, 1.82) is 0 Å². The van der Waals surface area contributed by atoms with Gasteiger partial charge in [-0.15, -0.1) is 0 Å². The van der Waals surface area contributed by atoms with E-state index in [0.717, 1.165) is 47.8 Å². The minimum Gasteiger partial charge on any atom is -0.381 e. The fourth-order valence-electron chi connectivity index (χ4n) is 2.45. The van der Waals surface area contributed by atoms with E-state index in [4.69, 9.17) is 4.74 Å². The Morgan fingerprint density at radius 2 is 2.39 bits per heavy atom. The first-order chi connectivity index (χ1) is 8.69. The quantitative estimate of drug-likeness (QED) is 0.787. The first-order valence-electron chi connectivity index (χ1n) is 6.43. The van der Waals surface area contributed by atoms with E-state index in [1.165, 1.54) is 11.3 Å². The van der Waals surface area contributed by atoms with Gasteiger partial charge in [0.25, 0.3) is 0 Å². The second-order valence-corrected chi connectivity index (χ2v) is 5.71. The fourth-order valence-corrected chi connectivity index (χ4v) is 3.54. The summed E-state index contributed by atoms with van der Waals surface area (Å²) in [5.74, 6) is 0. The summed E-state index contributed by atoms with van der Waals surface area (Å²) >= 11 is 1.51. The van der Waals surface area contributed by atoms with Crippen LogP contribution in [0.25, 0.3) is 0 Å². The van der Waals surface area contributed by atoms with Crippen molar-refractivity contribution in [3.05, 3.63) is 10.6 Å². The summed E-state index contributed by atoms with van der Waals surface area (Å²) in [5, 5.41) is 0.982. The molecule has 0 N–H and O–H groups in total. The van der Waals surface area contributed by atoms with Crippen LogP contribution in [0.1, 0.15) is 42.1 Å². The van der Waals surface area contributed by atoms with Crippen molar-refractivity contribution >= 4 is 22.8 Å². The number of aryl methyl sites for hydroxylation is 1. The van der Waals surface area contributed by atoms with Crippen LogP contribution in [0.15, 0.2) is 0 Å². The molecule has 1 aliphatic rings. The fraction of sp³-hybridized carbons (Fsp3) is 0.692. The number of ether oxygens (including phenoxy) is 1. The lowest BCUT2D eigenvalue weighted by Gasteiger charge is -2.36. The van der Waals surface area contributed by atoms with Gasteiger partial charge in [0.2, 0.25) is 0 Å². The summed E-state index contributed by atoms with van der Waals surface area (Å²) in [6, 6.07) is 0.416. The number of aromatic nitrogens is 1. The van der Waals surface area contributed by atoms with Gasteiger partial charge in [0.05, 0.1) is 16.7 Å². The summed E-state index contributed by atoms with van der Waals surface area (Å²) in [5.41, 5.74) is 0.922. The lowest BCUT2D eigenvalue weighted by molar-refractivity contribution is 0.0721. The largest absolute Gasteiger partial charge is 0.381 e. The highest BCUT2D eigenvalue weighted by Gasteiger charge is 2.27. The second-order valence-electron chi connectivity index (χ2n) is 4.70. The number of carbonyl (C=O) groups is 1. The maximum atomic E-state index is 11.0. The molecule has 0 radical (unpaired) electrons. The minimum atomic E-state index is 0.354. The molecule has 100 valence electrons. The van der Waals surface area contributed by atoms with Gasteiger partial charge in [0.15, 0.2) is 11.4 Å². The van der Waals surface area contributed by atoms with Crippen LogP contribution in [0.5, 0.6) is 0 Å². The Labute approximate surface area is 112 Å². The molecule has 2 unspecified atom stereocenters. The summed E-state index contributed by atoms with van der Waals surface area (Å²) in [7, 11) is 1.77. The molecule has 0 amide bonds. The molecule has 1 aromatic heterocycles. The van der Waals surface area contributed by atoms with Crippen LogP contribution in [0, 0.1) is 0 Å². The predicted octanol–water partition coefficient (Wildman–Crippen LogP) is 2.52. The van der Waals surface area contributed by atoms with Crippen LogP contribution < -0.4 is 4.90 Å². The molecule has 18 heavy (non-hydrogen) atoms. The maximum Gasteiger partial charge on any atom is 0.186 e. The smallest absolute Gasteiger partial charge is 0.186 e. The zero-order valence-corrected chi connectivity index (χ0v) is 12.0. The van der Waals surface area contributed by atoms with Crippen LogP contribution in [0.3, 0.4) is 0 Å². The number of anilines is 1. The van der Waals surface area contributed by atoms with Crippen LogP contribution in [-0.4, -0.2) is 37.1 Å². The van der Waals surface area contributed by atoms with Crippen molar-refractivity contribution in [2.75, 3.05) is 18.6 Å². The molecule has 0 aromatic carbocycles. The molecule has 2 atom stereocenters. The average molecular weight is 268 g/mol. The van der Waals surface area contributed by atoms with E-state index in [9.17, 15) is 4.79 Å². The van der Waals surface area contributed by atoms with Crippen LogP contribution in [0.4, 0.5) is 5.13 Å². The topological polar surface area (TPSA) is 42.4 Å². The molecule has 1 saturated heterocycles. The molecule has 0 aliphatic carbocycles. The van der Waals surface area contributed by atoms with E-state index >= 15 is 0 Å². The Morgan fingerprint density at radius 3 is 2.89 bits per heavy atom. The SMILES string of the molecule is CCc1nc(N2CCC(OC)CC2C)sc1C=O. The molecular weight excluding hydrogens is 248 g/mol. The molecule has 0 spiro atoms. The average Bonchev–Trinajstić information content (AvgIpc) is 2.81. The van der Waals surface area contributed by atoms with E-state index in [2.05, 4.69) is 16.8 Å². The van der Waals surface area contributed by atoms with E-state index in [1.807, 2.05) is 6.92 Å². The number of thiazole rings is 1. The highest BCUT2D eigenvalue weighted by Crippen LogP contribution is 2.31. The van der Waals surface area contributed by atoms with Crippen molar-refractivity contribution < 1.29 is 9.53 Å². The zero-order valence-electron chi connectivity index (χ0n) is 11.2. The first kappa shape index (κ1) is 13.5. The van der Waals surface area contributed by atoms with Gasteiger partial charge in [-0.05, 0) is 26.2 Å². The third-order valence-electron chi connectivity index (χ3n) is 3.57. The first-order valence-corrected chi connectivity index (χ1v) is 7.25. The van der Waals surface area contributed by atoms with Crippen molar-refractivity contribution in [1.82, 2.24) is 4.98 Å². The van der Waals surface area contributed by atoms with Gasteiger partial charge in [-0.1, -0.05) is 18.3 Å². The molecule has 5 heteroatoms. The summed E-state index contributed by atoms with van der Waals surface area (Å²) in [6.45, 7) is 5.18. The number of hydrogen-bond acceptors (Lipinski definition) is 5. The highest BCUT2D eigenvalue weighted by atomic mass is 32.1. The number of hydrogen-bond donors (Lipinski definition) is 0. The van der Waals surface area contributed by atoms with Crippen molar-refractivity contribution in [3.63, 3.8) is 0 Å².